The van der Waals surface area contributed by atoms with Crippen molar-refractivity contribution in [1.82, 2.24) is 14.9 Å². The molecule has 0 spiro atoms. The molecule has 0 aliphatic heterocycles. The van der Waals surface area contributed by atoms with Gasteiger partial charge in [-0.15, -0.1) is 0 Å². The highest BCUT2D eigenvalue weighted by Gasteiger charge is 2.05. The van der Waals surface area contributed by atoms with Gasteiger partial charge in [-0.25, -0.2) is 9.31 Å². The van der Waals surface area contributed by atoms with E-state index in [1.165, 1.54) is 5.39 Å². The Morgan fingerprint density at radius 1 is 1.04 bits per heavy atom. The molecule has 4 aromatic rings. The normalized spacial score (nSPS) is 10.8. The molecule has 5 nitrogen and oxygen atoms in total. The van der Waals surface area contributed by atoms with Crippen molar-refractivity contribution in [3.8, 4) is 0 Å². The van der Waals surface area contributed by atoms with E-state index in [2.05, 4.69) is 33.9 Å². The summed E-state index contributed by atoms with van der Waals surface area (Å²) in [5.74, 6) is 0. The van der Waals surface area contributed by atoms with Crippen molar-refractivity contribution in [2.24, 2.45) is 0 Å². The Morgan fingerprint density at radius 3 is 2.88 bits per heavy atom. The summed E-state index contributed by atoms with van der Waals surface area (Å²) in [6, 6.07) is 19.6. The lowest BCUT2D eigenvalue weighted by molar-refractivity contribution is 0.252. The first-order valence-corrected chi connectivity index (χ1v) is 7.74. The van der Waals surface area contributed by atoms with Crippen molar-refractivity contribution in [2.75, 3.05) is 5.32 Å². The van der Waals surface area contributed by atoms with Crippen LogP contribution in [0.4, 0.5) is 10.5 Å². The van der Waals surface area contributed by atoms with Gasteiger partial charge in [-0.1, -0.05) is 42.5 Å². The Bertz CT molecular complexity index is 1020. The van der Waals surface area contributed by atoms with Crippen molar-refractivity contribution in [3.05, 3.63) is 78.6 Å². The molecule has 2 amide bonds. The van der Waals surface area contributed by atoms with Gasteiger partial charge in [-0.2, -0.15) is 5.10 Å². The molecule has 24 heavy (non-hydrogen) atoms. The minimum Gasteiger partial charge on any atom is -0.334 e. The van der Waals surface area contributed by atoms with E-state index >= 15 is 0 Å². The first-order chi connectivity index (χ1) is 11.8. The van der Waals surface area contributed by atoms with Gasteiger partial charge in [0.15, 0.2) is 0 Å². The summed E-state index contributed by atoms with van der Waals surface area (Å²) in [4.78, 5) is 12.2. The summed E-state index contributed by atoms with van der Waals surface area (Å²) in [5.41, 5.74) is 2.76. The number of carbonyl (C=O) groups is 1. The number of carbonyl (C=O) groups excluding carboxylic acids is 1. The molecule has 0 saturated heterocycles. The number of fused-ring (bicyclic) bond motifs is 2. The highest BCUT2D eigenvalue weighted by Crippen LogP contribution is 2.18. The molecule has 0 atom stereocenters. The van der Waals surface area contributed by atoms with Gasteiger partial charge in [0.05, 0.1) is 5.52 Å². The maximum Gasteiger partial charge on any atom is 0.319 e. The van der Waals surface area contributed by atoms with E-state index in [-0.39, 0.29) is 6.03 Å². The Labute approximate surface area is 138 Å². The van der Waals surface area contributed by atoms with Gasteiger partial charge >= 0.3 is 6.03 Å². The fourth-order valence-electron chi connectivity index (χ4n) is 2.80. The molecule has 2 aromatic heterocycles. The van der Waals surface area contributed by atoms with Gasteiger partial charge in [0.1, 0.15) is 0 Å². The number of urea groups is 1. The lowest BCUT2D eigenvalue weighted by Gasteiger charge is -2.10. The molecule has 5 heteroatoms. The van der Waals surface area contributed by atoms with Crippen molar-refractivity contribution >= 4 is 28.0 Å². The summed E-state index contributed by atoms with van der Waals surface area (Å²) in [7, 11) is 0. The topological polar surface area (TPSA) is 58.4 Å². The third-order valence-corrected chi connectivity index (χ3v) is 3.98. The largest absolute Gasteiger partial charge is 0.334 e. The van der Waals surface area contributed by atoms with E-state index in [4.69, 9.17) is 0 Å². The minimum atomic E-state index is -0.230. The molecule has 0 aliphatic rings. The standard InChI is InChI=1S/C19H16N4O/c24-19(22-16-9-11-23-17(12-16)8-10-21-23)20-13-15-6-3-5-14-4-1-2-7-18(14)15/h1-12H,13H2,(H2,20,22,24). The van der Waals surface area contributed by atoms with Crippen LogP contribution in [0.15, 0.2) is 73.1 Å². The van der Waals surface area contributed by atoms with E-state index in [9.17, 15) is 4.79 Å². The number of benzene rings is 2. The first kappa shape index (κ1) is 14.3. The van der Waals surface area contributed by atoms with Crippen LogP contribution in [0, 0.1) is 0 Å². The number of nitrogens with zero attached hydrogens (tertiary/aromatic N) is 2. The molecular formula is C19H16N4O. The zero-order valence-electron chi connectivity index (χ0n) is 12.9. The summed E-state index contributed by atoms with van der Waals surface area (Å²) in [5, 5.41) is 12.2. The number of amides is 2. The highest BCUT2D eigenvalue weighted by atomic mass is 16.2. The molecule has 2 N–H and O–H groups in total. The number of aromatic nitrogens is 2. The van der Waals surface area contributed by atoms with Crippen LogP contribution in [0.1, 0.15) is 5.56 Å². The van der Waals surface area contributed by atoms with E-state index in [1.807, 2.05) is 48.7 Å². The van der Waals surface area contributed by atoms with Gasteiger partial charge in [0.25, 0.3) is 0 Å². The smallest absolute Gasteiger partial charge is 0.319 e. The fraction of sp³-hybridized carbons (Fsp3) is 0.0526. The van der Waals surface area contributed by atoms with E-state index in [1.54, 1.807) is 10.7 Å². The molecule has 0 radical (unpaired) electrons. The second-order valence-corrected chi connectivity index (χ2v) is 5.56. The maximum atomic E-state index is 12.2. The molecular weight excluding hydrogens is 300 g/mol. The number of nitrogens with one attached hydrogen (secondary N) is 2. The Morgan fingerprint density at radius 2 is 1.92 bits per heavy atom. The molecule has 0 unspecified atom stereocenters. The number of anilines is 1. The van der Waals surface area contributed by atoms with Crippen LogP contribution >= 0.6 is 0 Å². The van der Waals surface area contributed by atoms with Gasteiger partial charge < -0.3 is 10.6 Å². The van der Waals surface area contributed by atoms with Crippen LogP contribution in [0.3, 0.4) is 0 Å². The molecule has 118 valence electrons. The van der Waals surface area contributed by atoms with E-state index in [0.29, 0.717) is 6.54 Å². The van der Waals surface area contributed by atoms with Gasteiger partial charge in [-0.3, -0.25) is 0 Å². The van der Waals surface area contributed by atoms with Crippen molar-refractivity contribution in [3.63, 3.8) is 0 Å². The number of hydrogen-bond donors (Lipinski definition) is 2. The molecule has 2 aromatic carbocycles. The third kappa shape index (κ3) is 2.79. The minimum absolute atomic E-state index is 0.230. The number of rotatable bonds is 3. The average Bonchev–Trinajstić information content (AvgIpc) is 3.07. The molecule has 2 heterocycles. The lowest BCUT2D eigenvalue weighted by atomic mass is 10.0. The van der Waals surface area contributed by atoms with Crippen LogP contribution in [0.2, 0.25) is 0 Å². The SMILES string of the molecule is O=C(NCc1cccc2ccccc12)Nc1ccn2nccc2c1. The molecule has 0 fully saturated rings. The Balaban J connectivity index is 1.46. The second kappa shape index (κ2) is 6.04. The van der Waals surface area contributed by atoms with Crippen molar-refractivity contribution in [1.29, 1.82) is 0 Å². The van der Waals surface area contributed by atoms with Crippen LogP contribution < -0.4 is 10.6 Å². The van der Waals surface area contributed by atoms with Crippen molar-refractivity contribution < 1.29 is 4.79 Å². The summed E-state index contributed by atoms with van der Waals surface area (Å²) in [6.07, 6.45) is 3.54. The van der Waals surface area contributed by atoms with Gasteiger partial charge in [0.2, 0.25) is 0 Å². The number of pyridine rings is 1. The highest BCUT2D eigenvalue weighted by molar-refractivity contribution is 5.90. The zero-order valence-corrected chi connectivity index (χ0v) is 12.9. The Kier molecular flexibility index (Phi) is 3.59. The number of hydrogen-bond acceptors (Lipinski definition) is 2. The summed E-state index contributed by atoms with van der Waals surface area (Å²) < 4.78 is 1.75. The predicted molar refractivity (Wildman–Crippen MR) is 95.0 cm³/mol. The average molecular weight is 316 g/mol. The molecule has 0 aliphatic carbocycles. The lowest BCUT2D eigenvalue weighted by Crippen LogP contribution is -2.28. The molecule has 0 bridgehead atoms. The quantitative estimate of drug-likeness (QED) is 0.604. The molecule has 4 rings (SSSR count). The summed E-state index contributed by atoms with van der Waals surface area (Å²) >= 11 is 0. The van der Waals surface area contributed by atoms with Crippen LogP contribution in [-0.4, -0.2) is 15.6 Å². The van der Waals surface area contributed by atoms with Gasteiger partial charge in [0, 0.05) is 24.6 Å². The second-order valence-electron chi connectivity index (χ2n) is 5.56. The monoisotopic (exact) mass is 316 g/mol. The van der Waals surface area contributed by atoms with E-state index in [0.717, 1.165) is 22.2 Å². The van der Waals surface area contributed by atoms with Crippen LogP contribution in [-0.2, 0) is 6.54 Å². The van der Waals surface area contributed by atoms with Crippen molar-refractivity contribution in [2.45, 2.75) is 6.54 Å². The summed E-state index contributed by atoms with van der Waals surface area (Å²) in [6.45, 7) is 0.474. The molecule has 0 saturated carbocycles. The van der Waals surface area contributed by atoms with Gasteiger partial charge in [-0.05, 0) is 34.5 Å². The zero-order chi connectivity index (χ0) is 16.4. The van der Waals surface area contributed by atoms with Crippen LogP contribution in [0.5, 0.6) is 0 Å². The maximum absolute atomic E-state index is 12.2. The van der Waals surface area contributed by atoms with Crippen LogP contribution in [0.25, 0.3) is 16.3 Å². The first-order valence-electron chi connectivity index (χ1n) is 7.74. The fourth-order valence-corrected chi connectivity index (χ4v) is 2.80. The Hall–Kier alpha value is -3.34. The van der Waals surface area contributed by atoms with E-state index < -0.39 is 0 Å². The predicted octanol–water partition coefficient (Wildman–Crippen LogP) is 3.81. The third-order valence-electron chi connectivity index (χ3n) is 3.98.